The molecule has 0 radical (unpaired) electrons. The largest absolute Gasteiger partial charge is 0.492 e. The minimum Gasteiger partial charge on any atom is -0.492 e. The van der Waals surface area contributed by atoms with E-state index in [-0.39, 0.29) is 0 Å². The molecule has 0 saturated heterocycles. The number of nitrogens with zero attached hydrogens (tertiary/aromatic N) is 1. The summed E-state index contributed by atoms with van der Waals surface area (Å²) in [4.78, 5) is 2.17. The monoisotopic (exact) mass is 256 g/mol. The molecule has 0 atom stereocenters. The molecule has 2 aromatic rings. The highest BCUT2D eigenvalue weighted by Gasteiger charge is 2.00. The molecule has 0 aliphatic rings. The number of anilines is 1. The van der Waals surface area contributed by atoms with Crippen molar-refractivity contribution in [3.8, 4) is 5.75 Å². The van der Waals surface area contributed by atoms with E-state index in [9.17, 15) is 0 Å². The third-order valence-electron chi connectivity index (χ3n) is 3.03. The van der Waals surface area contributed by atoms with Crippen molar-refractivity contribution in [1.29, 1.82) is 0 Å². The van der Waals surface area contributed by atoms with Crippen LogP contribution in [0.4, 0.5) is 5.69 Å². The molecular formula is C16H20N2O. The molecule has 0 spiro atoms. The maximum Gasteiger partial charge on any atom is 0.119 e. The van der Waals surface area contributed by atoms with E-state index in [2.05, 4.69) is 24.1 Å². The van der Waals surface area contributed by atoms with Gasteiger partial charge in [0.05, 0.1) is 6.54 Å². The summed E-state index contributed by atoms with van der Waals surface area (Å²) in [7, 11) is 2.06. The van der Waals surface area contributed by atoms with E-state index in [4.69, 9.17) is 10.5 Å². The number of hydrogen-bond donors (Lipinski definition) is 1. The molecule has 0 aromatic heterocycles. The molecule has 0 amide bonds. The van der Waals surface area contributed by atoms with Gasteiger partial charge in [-0.25, -0.2) is 0 Å². The van der Waals surface area contributed by atoms with Crippen LogP contribution < -0.4 is 15.4 Å². The van der Waals surface area contributed by atoms with Gasteiger partial charge in [0.15, 0.2) is 0 Å². The Morgan fingerprint density at radius 3 is 2.58 bits per heavy atom. The van der Waals surface area contributed by atoms with Gasteiger partial charge in [-0.15, -0.1) is 0 Å². The number of likely N-dealkylation sites (N-methyl/N-ethyl adjacent to an activating group) is 1. The van der Waals surface area contributed by atoms with Gasteiger partial charge in [-0.05, 0) is 29.8 Å². The maximum absolute atomic E-state index is 5.74. The average molecular weight is 256 g/mol. The average Bonchev–Trinajstić information content (AvgIpc) is 2.48. The first-order valence-corrected chi connectivity index (χ1v) is 6.47. The number of nitrogens with two attached hydrogens (primary N) is 1. The van der Waals surface area contributed by atoms with Crippen molar-refractivity contribution in [2.75, 3.05) is 25.1 Å². The summed E-state index contributed by atoms with van der Waals surface area (Å²) in [5, 5.41) is 0. The van der Waals surface area contributed by atoms with E-state index in [0.717, 1.165) is 17.9 Å². The molecule has 2 aromatic carbocycles. The Hall–Kier alpha value is -2.00. The summed E-state index contributed by atoms with van der Waals surface area (Å²) < 4.78 is 5.74. The van der Waals surface area contributed by atoms with Crippen molar-refractivity contribution in [2.45, 2.75) is 6.54 Å². The van der Waals surface area contributed by atoms with Gasteiger partial charge in [-0.1, -0.05) is 30.3 Å². The fourth-order valence-corrected chi connectivity index (χ4v) is 1.87. The number of hydrogen-bond acceptors (Lipinski definition) is 3. The van der Waals surface area contributed by atoms with Crippen LogP contribution in [-0.2, 0) is 6.54 Å². The number of rotatable bonds is 6. The lowest BCUT2D eigenvalue weighted by atomic mass is 10.2. The fraction of sp³-hybridized carbons (Fsp3) is 0.250. The second kappa shape index (κ2) is 6.81. The minimum atomic E-state index is 0.543. The van der Waals surface area contributed by atoms with Gasteiger partial charge in [0.2, 0.25) is 0 Å². The quantitative estimate of drug-likeness (QED) is 0.863. The predicted octanol–water partition coefficient (Wildman–Crippen LogP) is 2.66. The first kappa shape index (κ1) is 13.4. The first-order valence-electron chi connectivity index (χ1n) is 6.47. The highest BCUT2D eigenvalue weighted by molar-refractivity contribution is 5.44. The van der Waals surface area contributed by atoms with Crippen molar-refractivity contribution < 1.29 is 4.74 Å². The van der Waals surface area contributed by atoms with E-state index < -0.39 is 0 Å². The third-order valence-corrected chi connectivity index (χ3v) is 3.03. The zero-order valence-corrected chi connectivity index (χ0v) is 11.3. The van der Waals surface area contributed by atoms with Crippen molar-refractivity contribution in [2.24, 2.45) is 5.73 Å². The molecule has 0 fully saturated rings. The number of ether oxygens (including phenoxy) is 1. The standard InChI is InChI=1S/C16H20N2O/c1-18(15-7-3-2-4-8-15)10-11-19-16-9-5-6-14(12-16)13-17/h2-9,12H,10-11,13,17H2,1H3. The zero-order valence-electron chi connectivity index (χ0n) is 11.3. The summed E-state index contributed by atoms with van der Waals surface area (Å²) >= 11 is 0. The van der Waals surface area contributed by atoms with Crippen LogP contribution in [0.3, 0.4) is 0 Å². The van der Waals surface area contributed by atoms with Crippen LogP contribution in [0.1, 0.15) is 5.56 Å². The molecule has 3 heteroatoms. The van der Waals surface area contributed by atoms with Crippen LogP contribution in [0, 0.1) is 0 Å². The van der Waals surface area contributed by atoms with Crippen LogP contribution >= 0.6 is 0 Å². The summed E-state index contributed by atoms with van der Waals surface area (Å²) in [6.07, 6.45) is 0. The second-order valence-electron chi connectivity index (χ2n) is 4.46. The minimum absolute atomic E-state index is 0.543. The highest BCUT2D eigenvalue weighted by atomic mass is 16.5. The van der Waals surface area contributed by atoms with E-state index in [1.54, 1.807) is 0 Å². The Labute approximate surface area is 114 Å². The molecule has 0 aliphatic heterocycles. The lowest BCUT2D eigenvalue weighted by Gasteiger charge is -2.19. The first-order chi connectivity index (χ1) is 9.29. The Kier molecular flexibility index (Phi) is 4.81. The third kappa shape index (κ3) is 4.00. The van der Waals surface area contributed by atoms with E-state index in [1.165, 1.54) is 5.69 Å². The molecular weight excluding hydrogens is 236 g/mol. The Bertz CT molecular complexity index is 499. The smallest absolute Gasteiger partial charge is 0.119 e. The van der Waals surface area contributed by atoms with Crippen LogP contribution in [0.25, 0.3) is 0 Å². The van der Waals surface area contributed by atoms with Gasteiger partial charge in [0.1, 0.15) is 12.4 Å². The summed E-state index contributed by atoms with van der Waals surface area (Å²) in [5.41, 5.74) is 7.90. The maximum atomic E-state index is 5.74. The summed E-state index contributed by atoms with van der Waals surface area (Å²) in [6, 6.07) is 18.2. The van der Waals surface area contributed by atoms with Gasteiger partial charge >= 0.3 is 0 Å². The van der Waals surface area contributed by atoms with Crippen LogP contribution in [0.5, 0.6) is 5.75 Å². The van der Waals surface area contributed by atoms with Crippen molar-refractivity contribution in [1.82, 2.24) is 0 Å². The molecule has 0 saturated carbocycles. The van der Waals surface area contributed by atoms with Gasteiger partial charge in [0, 0.05) is 19.3 Å². The molecule has 0 aliphatic carbocycles. The molecule has 2 N–H and O–H groups in total. The number of para-hydroxylation sites is 1. The normalized spacial score (nSPS) is 10.2. The lowest BCUT2D eigenvalue weighted by Crippen LogP contribution is -2.23. The molecule has 19 heavy (non-hydrogen) atoms. The predicted molar refractivity (Wildman–Crippen MR) is 79.5 cm³/mol. The molecule has 3 nitrogen and oxygen atoms in total. The van der Waals surface area contributed by atoms with E-state index in [0.29, 0.717) is 13.2 Å². The van der Waals surface area contributed by atoms with Crippen LogP contribution in [0.2, 0.25) is 0 Å². The van der Waals surface area contributed by atoms with Crippen LogP contribution in [0.15, 0.2) is 54.6 Å². The van der Waals surface area contributed by atoms with Gasteiger partial charge in [-0.3, -0.25) is 0 Å². The van der Waals surface area contributed by atoms with Gasteiger partial charge in [-0.2, -0.15) is 0 Å². The molecule has 0 heterocycles. The van der Waals surface area contributed by atoms with Gasteiger partial charge < -0.3 is 15.4 Å². The number of benzene rings is 2. The van der Waals surface area contributed by atoms with Crippen LogP contribution in [-0.4, -0.2) is 20.2 Å². The van der Waals surface area contributed by atoms with E-state index >= 15 is 0 Å². The van der Waals surface area contributed by atoms with Gasteiger partial charge in [0.25, 0.3) is 0 Å². The Balaban J connectivity index is 1.83. The van der Waals surface area contributed by atoms with E-state index in [1.807, 2.05) is 42.5 Å². The zero-order chi connectivity index (χ0) is 13.5. The van der Waals surface area contributed by atoms with Crippen molar-refractivity contribution in [3.05, 3.63) is 60.2 Å². The molecule has 0 bridgehead atoms. The molecule has 0 unspecified atom stereocenters. The lowest BCUT2D eigenvalue weighted by molar-refractivity contribution is 0.325. The van der Waals surface area contributed by atoms with Crippen molar-refractivity contribution >= 4 is 5.69 Å². The molecule has 2 rings (SSSR count). The topological polar surface area (TPSA) is 38.5 Å². The fourth-order valence-electron chi connectivity index (χ4n) is 1.87. The second-order valence-corrected chi connectivity index (χ2v) is 4.46. The summed E-state index contributed by atoms with van der Waals surface area (Å²) in [6.45, 7) is 2.04. The summed E-state index contributed by atoms with van der Waals surface area (Å²) in [5.74, 6) is 0.879. The highest BCUT2D eigenvalue weighted by Crippen LogP contribution is 2.14. The Morgan fingerprint density at radius 2 is 1.84 bits per heavy atom. The van der Waals surface area contributed by atoms with Crippen molar-refractivity contribution in [3.63, 3.8) is 0 Å². The Morgan fingerprint density at radius 1 is 1.05 bits per heavy atom. The SMILES string of the molecule is CN(CCOc1cccc(CN)c1)c1ccccc1. The molecule has 100 valence electrons.